The summed E-state index contributed by atoms with van der Waals surface area (Å²) in [6, 6.07) is 0.537. The van der Waals surface area contributed by atoms with Crippen molar-refractivity contribution in [1.82, 2.24) is 5.32 Å². The first-order valence-electron chi connectivity index (χ1n) is 5.98. The van der Waals surface area contributed by atoms with E-state index >= 15 is 0 Å². The lowest BCUT2D eigenvalue weighted by atomic mass is 10.1. The summed E-state index contributed by atoms with van der Waals surface area (Å²) >= 11 is 0. The fourth-order valence-corrected chi connectivity index (χ4v) is 1.83. The van der Waals surface area contributed by atoms with E-state index in [1.54, 1.807) is 0 Å². The van der Waals surface area contributed by atoms with Gasteiger partial charge < -0.3 is 14.8 Å². The molecule has 1 aliphatic rings. The van der Waals surface area contributed by atoms with Gasteiger partial charge in [0.2, 0.25) is 0 Å². The van der Waals surface area contributed by atoms with Crippen LogP contribution in [0.4, 0.5) is 0 Å². The van der Waals surface area contributed by atoms with E-state index < -0.39 is 0 Å². The Bertz CT molecular complexity index is 180. The standard InChI is InChI=1S/C12H25NO2/c1-10(2)13-7-8-14-9-11-5-6-12(3,4)15-11/h10-11,13H,5-9H2,1-4H3. The second-order valence-corrected chi connectivity index (χ2v) is 5.22. The molecule has 0 aromatic rings. The third-order valence-corrected chi connectivity index (χ3v) is 2.66. The van der Waals surface area contributed by atoms with E-state index in [2.05, 4.69) is 33.0 Å². The maximum Gasteiger partial charge on any atom is 0.0816 e. The molecule has 0 aromatic carbocycles. The average molecular weight is 215 g/mol. The predicted molar refractivity (Wildman–Crippen MR) is 62.1 cm³/mol. The molecule has 1 atom stereocenters. The molecule has 3 heteroatoms. The molecule has 0 spiro atoms. The Balaban J connectivity index is 1.97. The van der Waals surface area contributed by atoms with Crippen molar-refractivity contribution < 1.29 is 9.47 Å². The van der Waals surface area contributed by atoms with Gasteiger partial charge in [-0.15, -0.1) is 0 Å². The summed E-state index contributed by atoms with van der Waals surface area (Å²) in [7, 11) is 0. The molecule has 15 heavy (non-hydrogen) atoms. The van der Waals surface area contributed by atoms with Crippen LogP contribution in [0, 0.1) is 0 Å². The normalized spacial score (nSPS) is 25.0. The Morgan fingerprint density at radius 3 is 2.73 bits per heavy atom. The fraction of sp³-hybridized carbons (Fsp3) is 1.00. The molecule has 1 rings (SSSR count). The molecule has 1 unspecified atom stereocenters. The lowest BCUT2D eigenvalue weighted by Crippen LogP contribution is -2.28. The summed E-state index contributed by atoms with van der Waals surface area (Å²) in [5.74, 6) is 0. The minimum atomic E-state index is 0.0597. The molecule has 0 bridgehead atoms. The van der Waals surface area contributed by atoms with E-state index in [1.165, 1.54) is 0 Å². The first kappa shape index (κ1) is 12.9. The van der Waals surface area contributed by atoms with E-state index in [0.717, 1.165) is 32.6 Å². The van der Waals surface area contributed by atoms with Crippen molar-refractivity contribution >= 4 is 0 Å². The molecular formula is C12H25NO2. The summed E-state index contributed by atoms with van der Waals surface area (Å²) in [6.07, 6.45) is 2.58. The Labute approximate surface area is 93.5 Å². The minimum Gasteiger partial charge on any atom is -0.377 e. The Hall–Kier alpha value is -0.120. The minimum absolute atomic E-state index is 0.0597. The molecule has 1 N–H and O–H groups in total. The van der Waals surface area contributed by atoms with Gasteiger partial charge in [-0.1, -0.05) is 13.8 Å². The van der Waals surface area contributed by atoms with Crippen molar-refractivity contribution in [3.05, 3.63) is 0 Å². The number of rotatable bonds is 6. The summed E-state index contributed by atoms with van der Waals surface area (Å²) in [5, 5.41) is 3.32. The van der Waals surface area contributed by atoms with Crippen LogP contribution >= 0.6 is 0 Å². The van der Waals surface area contributed by atoms with E-state index in [1.807, 2.05) is 0 Å². The van der Waals surface area contributed by atoms with Crippen LogP contribution in [-0.4, -0.2) is 37.5 Å². The first-order valence-corrected chi connectivity index (χ1v) is 5.98. The third-order valence-electron chi connectivity index (χ3n) is 2.66. The van der Waals surface area contributed by atoms with Crippen molar-refractivity contribution in [3.8, 4) is 0 Å². The highest BCUT2D eigenvalue weighted by Gasteiger charge is 2.31. The number of nitrogens with one attached hydrogen (secondary N) is 1. The van der Waals surface area contributed by atoms with E-state index in [4.69, 9.17) is 9.47 Å². The molecule has 0 aromatic heterocycles. The number of hydrogen-bond donors (Lipinski definition) is 1. The summed E-state index contributed by atoms with van der Waals surface area (Å²) < 4.78 is 11.4. The van der Waals surface area contributed by atoms with Gasteiger partial charge in [-0.05, 0) is 26.7 Å². The second kappa shape index (κ2) is 5.83. The summed E-state index contributed by atoms with van der Waals surface area (Å²) in [6.45, 7) is 11.0. The molecule has 1 heterocycles. The highest BCUT2D eigenvalue weighted by atomic mass is 16.5. The maximum atomic E-state index is 5.83. The Morgan fingerprint density at radius 1 is 1.47 bits per heavy atom. The molecule has 0 radical (unpaired) electrons. The number of ether oxygens (including phenoxy) is 2. The summed E-state index contributed by atoms with van der Waals surface area (Å²) in [5.41, 5.74) is 0.0597. The lowest BCUT2D eigenvalue weighted by Gasteiger charge is -2.19. The highest BCUT2D eigenvalue weighted by molar-refractivity contribution is 4.80. The Kier molecular flexibility index (Phi) is 5.03. The van der Waals surface area contributed by atoms with E-state index in [9.17, 15) is 0 Å². The van der Waals surface area contributed by atoms with Crippen molar-refractivity contribution in [3.63, 3.8) is 0 Å². The van der Waals surface area contributed by atoms with Crippen LogP contribution in [-0.2, 0) is 9.47 Å². The number of hydrogen-bond acceptors (Lipinski definition) is 3. The van der Waals surface area contributed by atoms with Crippen LogP contribution in [0.5, 0.6) is 0 Å². The SMILES string of the molecule is CC(C)NCCOCC1CCC(C)(C)O1. The second-order valence-electron chi connectivity index (χ2n) is 5.22. The fourth-order valence-electron chi connectivity index (χ4n) is 1.83. The quantitative estimate of drug-likeness (QED) is 0.687. The van der Waals surface area contributed by atoms with Crippen molar-refractivity contribution in [2.45, 2.75) is 58.3 Å². The molecule has 1 fully saturated rings. The van der Waals surface area contributed by atoms with Gasteiger partial charge in [-0.25, -0.2) is 0 Å². The van der Waals surface area contributed by atoms with Gasteiger partial charge >= 0.3 is 0 Å². The van der Waals surface area contributed by atoms with Crippen molar-refractivity contribution in [2.24, 2.45) is 0 Å². The summed E-state index contributed by atoms with van der Waals surface area (Å²) in [4.78, 5) is 0. The zero-order valence-corrected chi connectivity index (χ0v) is 10.5. The largest absolute Gasteiger partial charge is 0.377 e. The van der Waals surface area contributed by atoms with Crippen LogP contribution in [0.3, 0.4) is 0 Å². The van der Waals surface area contributed by atoms with Crippen LogP contribution in [0.15, 0.2) is 0 Å². The highest BCUT2D eigenvalue weighted by Crippen LogP contribution is 2.29. The van der Waals surface area contributed by atoms with Gasteiger partial charge in [-0.2, -0.15) is 0 Å². The molecule has 1 aliphatic heterocycles. The molecule has 0 saturated carbocycles. The molecule has 1 saturated heterocycles. The van der Waals surface area contributed by atoms with Gasteiger partial charge in [0.1, 0.15) is 0 Å². The monoisotopic (exact) mass is 215 g/mol. The molecule has 0 aliphatic carbocycles. The van der Waals surface area contributed by atoms with Crippen LogP contribution < -0.4 is 5.32 Å². The van der Waals surface area contributed by atoms with E-state index in [-0.39, 0.29) is 5.60 Å². The van der Waals surface area contributed by atoms with Gasteiger partial charge in [-0.3, -0.25) is 0 Å². The zero-order valence-electron chi connectivity index (χ0n) is 10.5. The third kappa shape index (κ3) is 5.50. The van der Waals surface area contributed by atoms with Gasteiger partial charge in [0.15, 0.2) is 0 Å². The van der Waals surface area contributed by atoms with Crippen molar-refractivity contribution in [2.75, 3.05) is 19.8 Å². The first-order chi connectivity index (χ1) is 6.99. The Morgan fingerprint density at radius 2 is 2.20 bits per heavy atom. The molecule has 0 amide bonds. The van der Waals surface area contributed by atoms with Crippen LogP contribution in [0.2, 0.25) is 0 Å². The molecular weight excluding hydrogens is 190 g/mol. The lowest BCUT2D eigenvalue weighted by molar-refractivity contribution is -0.0527. The maximum absolute atomic E-state index is 5.83. The smallest absolute Gasteiger partial charge is 0.0816 e. The molecule has 3 nitrogen and oxygen atoms in total. The van der Waals surface area contributed by atoms with Crippen LogP contribution in [0.25, 0.3) is 0 Å². The van der Waals surface area contributed by atoms with Gasteiger partial charge in [0, 0.05) is 12.6 Å². The average Bonchev–Trinajstić information content (AvgIpc) is 2.44. The topological polar surface area (TPSA) is 30.5 Å². The van der Waals surface area contributed by atoms with Crippen molar-refractivity contribution in [1.29, 1.82) is 0 Å². The van der Waals surface area contributed by atoms with Gasteiger partial charge in [0.05, 0.1) is 24.9 Å². The molecule has 90 valence electrons. The van der Waals surface area contributed by atoms with Gasteiger partial charge in [0.25, 0.3) is 0 Å². The predicted octanol–water partition coefficient (Wildman–Crippen LogP) is 1.96. The zero-order chi connectivity index (χ0) is 11.3. The van der Waals surface area contributed by atoms with E-state index in [0.29, 0.717) is 12.1 Å². The van der Waals surface area contributed by atoms with Crippen LogP contribution in [0.1, 0.15) is 40.5 Å².